The van der Waals surface area contributed by atoms with Gasteiger partial charge in [-0.25, -0.2) is 0 Å². The standard InChI is InChI=1S/C36H57N5O8/c1-24(2)30-19-40(25(3)43)20-33(48-5)36(46)32(44)23-49-15-7-6-14-41(35(30)26-10-8-12-29(16-26)47-4)34(45)21-39-13-9-11-27(18-39)31-17-28(22-42)37-38-31/h8,10,12,16-17,24,27,30,32-33,35-36,42,44,46H,6-7,9,11,13-15,18-23H2,1-5H3,(H,37,38)/t27?,30-,32+,33+,35-,36+/m1/s1. The summed E-state index contributed by atoms with van der Waals surface area (Å²) in [5.74, 6) is 0.479. The van der Waals surface area contributed by atoms with Crippen molar-refractivity contribution in [3.63, 3.8) is 0 Å². The number of piperidine rings is 1. The van der Waals surface area contributed by atoms with E-state index in [4.69, 9.17) is 14.2 Å². The van der Waals surface area contributed by atoms with Gasteiger partial charge in [-0.3, -0.25) is 19.6 Å². The number of rotatable bonds is 8. The van der Waals surface area contributed by atoms with Gasteiger partial charge in [-0.15, -0.1) is 0 Å². The van der Waals surface area contributed by atoms with E-state index in [-0.39, 0.29) is 55.9 Å². The van der Waals surface area contributed by atoms with Gasteiger partial charge in [0.2, 0.25) is 11.8 Å². The van der Waals surface area contributed by atoms with E-state index in [2.05, 4.69) is 28.9 Å². The average Bonchev–Trinajstić information content (AvgIpc) is 3.58. The van der Waals surface area contributed by atoms with Crippen molar-refractivity contribution in [1.29, 1.82) is 0 Å². The molecule has 274 valence electrons. The molecule has 4 rings (SSSR count). The van der Waals surface area contributed by atoms with E-state index in [9.17, 15) is 24.9 Å². The second-order valence-electron chi connectivity index (χ2n) is 13.8. The smallest absolute Gasteiger partial charge is 0.237 e. The molecule has 3 heterocycles. The number of benzene rings is 1. The monoisotopic (exact) mass is 687 g/mol. The summed E-state index contributed by atoms with van der Waals surface area (Å²) in [7, 11) is 3.08. The van der Waals surface area contributed by atoms with Crippen molar-refractivity contribution >= 4 is 11.8 Å². The molecule has 0 saturated carbocycles. The lowest BCUT2D eigenvalue weighted by atomic mass is 9.82. The van der Waals surface area contributed by atoms with E-state index in [1.165, 1.54) is 14.0 Å². The first-order valence-electron chi connectivity index (χ1n) is 17.6. The lowest BCUT2D eigenvalue weighted by Crippen LogP contribution is -2.52. The summed E-state index contributed by atoms with van der Waals surface area (Å²) in [5.41, 5.74) is 2.49. The SMILES string of the molecule is COc1cccc([C@@H]2[C@@H](C(C)C)CN(C(C)=O)C[C@H](OC)[C@@H](O)[C@@H](O)COCCCCN2C(=O)CN2CCCC(c3cc(CO)[nH]n3)C2)c1. The van der Waals surface area contributed by atoms with E-state index in [0.717, 1.165) is 30.6 Å². The summed E-state index contributed by atoms with van der Waals surface area (Å²) in [6, 6.07) is 9.31. The quantitative estimate of drug-likeness (QED) is 0.324. The predicted octanol–water partition coefficient (Wildman–Crippen LogP) is 2.33. The zero-order valence-electron chi connectivity index (χ0n) is 29.8. The van der Waals surface area contributed by atoms with E-state index in [1.54, 1.807) is 12.0 Å². The maximum Gasteiger partial charge on any atom is 0.237 e. The minimum atomic E-state index is -1.26. The summed E-state index contributed by atoms with van der Waals surface area (Å²) in [6.45, 7) is 8.42. The molecule has 0 radical (unpaired) electrons. The van der Waals surface area contributed by atoms with Gasteiger partial charge in [0, 0.05) is 58.7 Å². The van der Waals surface area contributed by atoms with Crippen molar-refractivity contribution in [3.8, 4) is 5.75 Å². The van der Waals surface area contributed by atoms with Gasteiger partial charge >= 0.3 is 0 Å². The molecule has 0 spiro atoms. The lowest BCUT2D eigenvalue weighted by Gasteiger charge is -2.43. The van der Waals surface area contributed by atoms with Crippen LogP contribution in [0.5, 0.6) is 5.75 Å². The van der Waals surface area contributed by atoms with Crippen molar-refractivity contribution in [2.75, 3.05) is 66.7 Å². The van der Waals surface area contributed by atoms with Gasteiger partial charge in [-0.1, -0.05) is 26.0 Å². The highest BCUT2D eigenvalue weighted by Gasteiger charge is 2.38. The van der Waals surface area contributed by atoms with Crippen molar-refractivity contribution in [2.45, 2.75) is 83.3 Å². The van der Waals surface area contributed by atoms with Crippen LogP contribution in [0.25, 0.3) is 0 Å². The Bertz CT molecular complexity index is 1320. The Balaban J connectivity index is 1.71. The third-order valence-corrected chi connectivity index (χ3v) is 10.0. The maximum absolute atomic E-state index is 14.7. The normalized spacial score (nSPS) is 27.0. The summed E-state index contributed by atoms with van der Waals surface area (Å²) in [5, 5.41) is 38.5. The Labute approximate surface area is 290 Å². The number of nitrogens with one attached hydrogen (secondary N) is 1. The predicted molar refractivity (Wildman–Crippen MR) is 184 cm³/mol. The van der Waals surface area contributed by atoms with E-state index in [1.807, 2.05) is 35.2 Å². The molecule has 49 heavy (non-hydrogen) atoms. The highest BCUT2D eigenvalue weighted by molar-refractivity contribution is 5.79. The largest absolute Gasteiger partial charge is 0.497 e. The number of carbonyl (C=O) groups is 2. The number of amides is 2. The van der Waals surface area contributed by atoms with Crippen molar-refractivity contribution in [1.82, 2.24) is 24.9 Å². The van der Waals surface area contributed by atoms with Crippen LogP contribution in [-0.4, -0.2) is 137 Å². The minimum Gasteiger partial charge on any atom is -0.497 e. The molecule has 13 nitrogen and oxygen atoms in total. The molecule has 1 aromatic heterocycles. The number of aliphatic hydroxyl groups excluding tert-OH is 3. The number of carbonyl (C=O) groups excluding carboxylic acids is 2. The maximum atomic E-state index is 14.7. The fourth-order valence-corrected chi connectivity index (χ4v) is 7.13. The Morgan fingerprint density at radius 2 is 1.88 bits per heavy atom. The molecule has 2 aliphatic rings. The molecular weight excluding hydrogens is 630 g/mol. The fraction of sp³-hybridized carbons (Fsp3) is 0.694. The summed E-state index contributed by atoms with van der Waals surface area (Å²) < 4.78 is 17.0. The molecule has 2 fully saturated rings. The van der Waals surface area contributed by atoms with E-state index >= 15 is 0 Å². The topological polar surface area (TPSA) is 161 Å². The number of H-pyrrole nitrogens is 1. The number of nitrogens with zero attached hydrogens (tertiary/aromatic N) is 4. The van der Waals surface area contributed by atoms with Crippen LogP contribution in [0.1, 0.15) is 75.4 Å². The second kappa shape index (κ2) is 18.8. The molecule has 0 aliphatic carbocycles. The third kappa shape index (κ3) is 10.5. The van der Waals surface area contributed by atoms with Crippen LogP contribution in [0.2, 0.25) is 0 Å². The number of aliphatic hydroxyl groups is 3. The second-order valence-corrected chi connectivity index (χ2v) is 13.8. The van der Waals surface area contributed by atoms with E-state index < -0.39 is 24.4 Å². The average molecular weight is 688 g/mol. The summed E-state index contributed by atoms with van der Waals surface area (Å²) in [4.78, 5) is 33.7. The zero-order chi connectivity index (χ0) is 35.5. The lowest BCUT2D eigenvalue weighted by molar-refractivity contribution is -0.140. The fourth-order valence-electron chi connectivity index (χ4n) is 7.13. The first-order valence-corrected chi connectivity index (χ1v) is 17.6. The van der Waals surface area contributed by atoms with Gasteiger partial charge in [-0.05, 0) is 61.9 Å². The number of hydrogen-bond donors (Lipinski definition) is 4. The van der Waals surface area contributed by atoms with Crippen LogP contribution in [0.15, 0.2) is 30.3 Å². The van der Waals surface area contributed by atoms with E-state index in [0.29, 0.717) is 50.5 Å². The number of aromatic amines is 1. The van der Waals surface area contributed by atoms with Crippen LogP contribution in [-0.2, 0) is 25.7 Å². The Hall–Kier alpha value is -3.07. The number of likely N-dealkylation sites (tertiary alicyclic amines) is 1. The minimum absolute atomic E-state index is 0.00239. The molecule has 2 amide bonds. The van der Waals surface area contributed by atoms with Crippen molar-refractivity contribution in [3.05, 3.63) is 47.3 Å². The molecule has 1 unspecified atom stereocenters. The van der Waals surface area contributed by atoms with Crippen LogP contribution in [0.3, 0.4) is 0 Å². The molecule has 2 saturated heterocycles. The molecule has 2 aromatic rings. The summed E-state index contributed by atoms with van der Waals surface area (Å²) in [6.07, 6.45) is -0.0930. The molecule has 6 atom stereocenters. The third-order valence-electron chi connectivity index (χ3n) is 10.0. The number of aromatic nitrogens is 2. The van der Waals surface area contributed by atoms with Gasteiger partial charge in [0.1, 0.15) is 24.1 Å². The Morgan fingerprint density at radius 3 is 2.55 bits per heavy atom. The molecule has 4 N–H and O–H groups in total. The Kier molecular flexibility index (Phi) is 14.9. The molecular formula is C36H57N5O8. The van der Waals surface area contributed by atoms with Gasteiger partial charge in [0.15, 0.2) is 0 Å². The molecule has 1 aromatic carbocycles. The number of methoxy groups -OCH3 is 2. The van der Waals surface area contributed by atoms with Gasteiger partial charge in [-0.2, -0.15) is 5.10 Å². The highest BCUT2D eigenvalue weighted by atomic mass is 16.5. The molecule has 0 bridgehead atoms. The number of hydrogen-bond acceptors (Lipinski definition) is 10. The van der Waals surface area contributed by atoms with Crippen LogP contribution >= 0.6 is 0 Å². The van der Waals surface area contributed by atoms with Crippen LogP contribution < -0.4 is 4.74 Å². The molecule has 13 heteroatoms. The van der Waals surface area contributed by atoms with Crippen LogP contribution in [0, 0.1) is 11.8 Å². The zero-order valence-corrected chi connectivity index (χ0v) is 29.8. The van der Waals surface area contributed by atoms with Crippen molar-refractivity contribution in [2.24, 2.45) is 11.8 Å². The van der Waals surface area contributed by atoms with Gasteiger partial charge < -0.3 is 39.3 Å². The van der Waals surface area contributed by atoms with Gasteiger partial charge in [0.05, 0.1) is 44.3 Å². The first kappa shape index (κ1) is 38.7. The van der Waals surface area contributed by atoms with Crippen LogP contribution in [0.4, 0.5) is 0 Å². The summed E-state index contributed by atoms with van der Waals surface area (Å²) >= 11 is 0. The number of ether oxygens (including phenoxy) is 3. The van der Waals surface area contributed by atoms with Crippen molar-refractivity contribution < 1.29 is 39.1 Å². The molecule has 2 aliphatic heterocycles. The Morgan fingerprint density at radius 1 is 1.08 bits per heavy atom. The van der Waals surface area contributed by atoms with Gasteiger partial charge in [0.25, 0.3) is 0 Å². The first-order chi connectivity index (χ1) is 23.6. The highest BCUT2D eigenvalue weighted by Crippen LogP contribution is 2.37.